The van der Waals surface area contributed by atoms with Gasteiger partial charge in [-0.15, -0.1) is 0 Å². The molecule has 0 aliphatic rings. The van der Waals surface area contributed by atoms with Crippen LogP contribution < -0.4 is 0 Å². The smallest absolute Gasteiger partial charge is 0.0203 e. The first-order valence-electron chi connectivity index (χ1n) is 3.54. The van der Waals surface area contributed by atoms with Gasteiger partial charge in [-0.3, -0.25) is 0 Å². The molecule has 0 aliphatic heterocycles. The second-order valence-electron chi connectivity index (χ2n) is 2.34. The fourth-order valence-electron chi connectivity index (χ4n) is 0.692. The van der Waals surface area contributed by atoms with Gasteiger partial charge < -0.3 is 0 Å². The van der Waals surface area contributed by atoms with Crippen LogP contribution in [-0.2, 0) is 0 Å². The normalized spacial score (nSPS) is 9.56. The summed E-state index contributed by atoms with van der Waals surface area (Å²) in [6.07, 6.45) is 5.24. The number of allylic oxidation sites excluding steroid dienone is 1. The molecule has 0 bridgehead atoms. The Kier molecular flexibility index (Phi) is 6.93. The summed E-state index contributed by atoms with van der Waals surface area (Å²) in [5.74, 6) is 0. The van der Waals surface area contributed by atoms with E-state index in [1.165, 1.54) is 31.3 Å². The molecule has 0 amide bonds. The summed E-state index contributed by atoms with van der Waals surface area (Å²) in [6.45, 7) is 6.17. The number of rotatable bonds is 5. The van der Waals surface area contributed by atoms with Gasteiger partial charge in [0.05, 0.1) is 0 Å². The van der Waals surface area contributed by atoms with E-state index in [4.69, 9.17) is 0 Å². The van der Waals surface area contributed by atoms with Gasteiger partial charge in [0.2, 0.25) is 0 Å². The summed E-state index contributed by atoms with van der Waals surface area (Å²) < 4.78 is 1.13. The van der Waals surface area contributed by atoms with Gasteiger partial charge in [-0.1, -0.05) is 54.5 Å². The van der Waals surface area contributed by atoms with E-state index in [1.54, 1.807) is 0 Å². The fraction of sp³-hybridized carbons (Fsp3) is 0.750. The highest BCUT2D eigenvalue weighted by atomic mass is 127. The molecular weight excluding hydrogens is 223 g/mol. The number of hydrogen-bond acceptors (Lipinski definition) is 0. The molecule has 0 heterocycles. The molecule has 0 saturated carbocycles. The van der Waals surface area contributed by atoms with Gasteiger partial charge in [0.15, 0.2) is 0 Å². The van der Waals surface area contributed by atoms with Crippen LogP contribution in [-0.4, -0.2) is 4.43 Å². The maximum Gasteiger partial charge on any atom is 0.0203 e. The van der Waals surface area contributed by atoms with Crippen LogP contribution in [0.3, 0.4) is 0 Å². The van der Waals surface area contributed by atoms with Crippen molar-refractivity contribution < 1.29 is 0 Å². The summed E-state index contributed by atoms with van der Waals surface area (Å²) in [4.78, 5) is 0. The zero-order valence-electron chi connectivity index (χ0n) is 6.12. The van der Waals surface area contributed by atoms with Crippen LogP contribution in [0, 0.1) is 0 Å². The quantitative estimate of drug-likeness (QED) is 0.297. The maximum atomic E-state index is 3.94. The SMILES string of the molecule is C=C(CI)CCCCC. The highest BCUT2D eigenvalue weighted by molar-refractivity contribution is 14.1. The van der Waals surface area contributed by atoms with Crippen molar-refractivity contribution in [3.63, 3.8) is 0 Å². The first kappa shape index (κ1) is 9.47. The van der Waals surface area contributed by atoms with Crippen molar-refractivity contribution in [2.75, 3.05) is 4.43 Å². The predicted molar refractivity (Wildman–Crippen MR) is 52.2 cm³/mol. The van der Waals surface area contributed by atoms with Crippen molar-refractivity contribution in [2.24, 2.45) is 0 Å². The molecule has 0 aliphatic carbocycles. The molecule has 0 unspecified atom stereocenters. The Morgan fingerprint density at radius 3 is 2.56 bits per heavy atom. The Bertz CT molecular complexity index is 76.6. The summed E-state index contributed by atoms with van der Waals surface area (Å²) in [6, 6.07) is 0. The Labute approximate surface area is 71.9 Å². The third-order valence-corrected chi connectivity index (χ3v) is 2.40. The van der Waals surface area contributed by atoms with Crippen LogP contribution >= 0.6 is 22.6 Å². The Morgan fingerprint density at radius 2 is 2.11 bits per heavy atom. The van der Waals surface area contributed by atoms with E-state index in [9.17, 15) is 0 Å². The molecular formula is C8H15I. The molecule has 0 spiro atoms. The van der Waals surface area contributed by atoms with Gasteiger partial charge in [0.25, 0.3) is 0 Å². The minimum absolute atomic E-state index is 1.13. The average Bonchev–Trinajstić information content (AvgIpc) is 1.89. The molecule has 0 saturated heterocycles. The molecule has 54 valence electrons. The monoisotopic (exact) mass is 238 g/mol. The van der Waals surface area contributed by atoms with E-state index in [2.05, 4.69) is 36.1 Å². The molecule has 0 atom stereocenters. The summed E-state index contributed by atoms with van der Waals surface area (Å²) >= 11 is 2.37. The maximum absolute atomic E-state index is 3.94. The highest BCUT2D eigenvalue weighted by Gasteiger charge is 1.89. The summed E-state index contributed by atoms with van der Waals surface area (Å²) in [5, 5.41) is 0. The summed E-state index contributed by atoms with van der Waals surface area (Å²) in [7, 11) is 0. The number of alkyl halides is 1. The molecule has 0 N–H and O–H groups in total. The highest BCUT2D eigenvalue weighted by Crippen LogP contribution is 2.08. The van der Waals surface area contributed by atoms with Crippen molar-refractivity contribution in [3.05, 3.63) is 12.2 Å². The lowest BCUT2D eigenvalue weighted by Crippen LogP contribution is -1.81. The Balaban J connectivity index is 2.97. The van der Waals surface area contributed by atoms with Crippen LogP contribution in [0.4, 0.5) is 0 Å². The molecule has 9 heavy (non-hydrogen) atoms. The standard InChI is InChI=1S/C8H15I/c1-3-4-5-6-8(2)7-9/h2-7H2,1H3. The van der Waals surface area contributed by atoms with Gasteiger partial charge in [-0.2, -0.15) is 0 Å². The van der Waals surface area contributed by atoms with E-state index in [1.807, 2.05) is 0 Å². The number of hydrogen-bond donors (Lipinski definition) is 0. The third-order valence-electron chi connectivity index (χ3n) is 1.32. The Hall–Kier alpha value is 0.470. The molecule has 0 radical (unpaired) electrons. The summed E-state index contributed by atoms with van der Waals surface area (Å²) in [5.41, 5.74) is 1.39. The van der Waals surface area contributed by atoms with Crippen LogP contribution in [0.1, 0.15) is 32.6 Å². The zero-order chi connectivity index (χ0) is 7.11. The largest absolute Gasteiger partial charge is 0.0991 e. The molecule has 0 nitrogen and oxygen atoms in total. The van der Waals surface area contributed by atoms with Crippen molar-refractivity contribution in [1.29, 1.82) is 0 Å². The van der Waals surface area contributed by atoms with E-state index in [0.29, 0.717) is 0 Å². The lowest BCUT2D eigenvalue weighted by Gasteiger charge is -1.98. The van der Waals surface area contributed by atoms with E-state index in [-0.39, 0.29) is 0 Å². The van der Waals surface area contributed by atoms with E-state index < -0.39 is 0 Å². The zero-order valence-corrected chi connectivity index (χ0v) is 8.28. The molecule has 0 rings (SSSR count). The molecule has 0 fully saturated rings. The second kappa shape index (κ2) is 6.59. The number of halogens is 1. The van der Waals surface area contributed by atoms with Crippen LogP contribution in [0.25, 0.3) is 0 Å². The van der Waals surface area contributed by atoms with E-state index >= 15 is 0 Å². The van der Waals surface area contributed by atoms with Gasteiger partial charge in [-0.25, -0.2) is 0 Å². The van der Waals surface area contributed by atoms with Crippen LogP contribution in [0.5, 0.6) is 0 Å². The molecule has 0 aromatic heterocycles. The molecule has 0 aromatic rings. The van der Waals surface area contributed by atoms with Gasteiger partial charge in [0.1, 0.15) is 0 Å². The minimum atomic E-state index is 1.13. The topological polar surface area (TPSA) is 0 Å². The lowest BCUT2D eigenvalue weighted by molar-refractivity contribution is 0.716. The van der Waals surface area contributed by atoms with Crippen molar-refractivity contribution >= 4 is 22.6 Å². The molecule has 1 heteroatoms. The first-order chi connectivity index (χ1) is 4.31. The Morgan fingerprint density at radius 1 is 1.44 bits per heavy atom. The van der Waals surface area contributed by atoms with Crippen LogP contribution in [0.15, 0.2) is 12.2 Å². The van der Waals surface area contributed by atoms with Crippen molar-refractivity contribution in [1.82, 2.24) is 0 Å². The van der Waals surface area contributed by atoms with Gasteiger partial charge >= 0.3 is 0 Å². The first-order valence-corrected chi connectivity index (χ1v) is 5.06. The van der Waals surface area contributed by atoms with Gasteiger partial charge in [-0.05, 0) is 12.8 Å². The van der Waals surface area contributed by atoms with Crippen molar-refractivity contribution in [2.45, 2.75) is 32.6 Å². The fourth-order valence-corrected chi connectivity index (χ4v) is 1.07. The third kappa shape index (κ3) is 6.35. The van der Waals surface area contributed by atoms with Crippen molar-refractivity contribution in [3.8, 4) is 0 Å². The van der Waals surface area contributed by atoms with E-state index in [0.717, 1.165) is 4.43 Å². The average molecular weight is 238 g/mol. The molecule has 0 aromatic carbocycles. The minimum Gasteiger partial charge on any atom is -0.0991 e. The number of unbranched alkanes of at least 4 members (excludes halogenated alkanes) is 2. The lowest BCUT2D eigenvalue weighted by atomic mass is 10.1. The van der Waals surface area contributed by atoms with Gasteiger partial charge in [0, 0.05) is 4.43 Å². The predicted octanol–water partition coefficient (Wildman–Crippen LogP) is 3.56. The second-order valence-corrected chi connectivity index (χ2v) is 3.10. The van der Waals surface area contributed by atoms with Crippen LogP contribution in [0.2, 0.25) is 0 Å².